The Morgan fingerprint density at radius 3 is 2.95 bits per heavy atom. The van der Waals surface area contributed by atoms with Crippen LogP contribution in [0.2, 0.25) is 0 Å². The van der Waals surface area contributed by atoms with Crippen LogP contribution < -0.4 is 16.0 Å². The van der Waals surface area contributed by atoms with Gasteiger partial charge < -0.3 is 16.0 Å². The fourth-order valence-corrected chi connectivity index (χ4v) is 5.01. The SMILES string of the molecule is CN[C@@H]1CCN(c2nc(N)nc3c4c(sc23)CCC(C)C4)C1. The number of rotatable bonds is 2. The van der Waals surface area contributed by atoms with E-state index in [1.54, 1.807) is 0 Å². The van der Waals surface area contributed by atoms with Crippen molar-refractivity contribution in [1.29, 1.82) is 0 Å². The quantitative estimate of drug-likeness (QED) is 0.889. The highest BCUT2D eigenvalue weighted by atomic mass is 32.1. The van der Waals surface area contributed by atoms with E-state index in [-0.39, 0.29) is 0 Å². The average molecular weight is 317 g/mol. The largest absolute Gasteiger partial charge is 0.368 e. The van der Waals surface area contributed by atoms with Gasteiger partial charge in [-0.2, -0.15) is 4.98 Å². The zero-order chi connectivity index (χ0) is 15.3. The molecule has 0 saturated carbocycles. The van der Waals surface area contributed by atoms with Crippen LogP contribution in [0.4, 0.5) is 11.8 Å². The van der Waals surface area contributed by atoms with Crippen LogP contribution in [-0.2, 0) is 12.8 Å². The molecule has 2 aliphatic rings. The number of likely N-dealkylation sites (N-methyl/N-ethyl adjacent to an activating group) is 1. The molecule has 4 rings (SSSR count). The van der Waals surface area contributed by atoms with Crippen LogP contribution in [0.5, 0.6) is 0 Å². The number of aryl methyl sites for hydroxylation is 1. The summed E-state index contributed by atoms with van der Waals surface area (Å²) < 4.78 is 1.24. The molecule has 1 aliphatic carbocycles. The van der Waals surface area contributed by atoms with Crippen LogP contribution in [0.1, 0.15) is 30.2 Å². The van der Waals surface area contributed by atoms with Crippen molar-refractivity contribution in [3.8, 4) is 0 Å². The van der Waals surface area contributed by atoms with Crippen LogP contribution in [0, 0.1) is 5.92 Å². The van der Waals surface area contributed by atoms with Gasteiger partial charge in [0.15, 0.2) is 5.82 Å². The Hall–Kier alpha value is -1.40. The van der Waals surface area contributed by atoms with Crippen molar-refractivity contribution in [2.75, 3.05) is 30.8 Å². The summed E-state index contributed by atoms with van der Waals surface area (Å²) in [6, 6.07) is 0.542. The molecule has 2 aromatic rings. The second-order valence-electron chi connectivity index (χ2n) is 6.66. The van der Waals surface area contributed by atoms with Crippen molar-refractivity contribution in [3.05, 3.63) is 10.4 Å². The van der Waals surface area contributed by atoms with Crippen LogP contribution in [0.3, 0.4) is 0 Å². The van der Waals surface area contributed by atoms with Crippen molar-refractivity contribution >= 4 is 33.3 Å². The van der Waals surface area contributed by atoms with Crippen molar-refractivity contribution < 1.29 is 0 Å². The van der Waals surface area contributed by atoms with Gasteiger partial charge in [0.1, 0.15) is 0 Å². The van der Waals surface area contributed by atoms with Crippen molar-refractivity contribution in [3.63, 3.8) is 0 Å². The third-order valence-electron chi connectivity index (χ3n) is 5.03. The van der Waals surface area contributed by atoms with E-state index >= 15 is 0 Å². The van der Waals surface area contributed by atoms with Gasteiger partial charge in [0.05, 0.1) is 10.2 Å². The number of hydrogen-bond donors (Lipinski definition) is 2. The first kappa shape index (κ1) is 14.2. The molecule has 22 heavy (non-hydrogen) atoms. The molecule has 0 radical (unpaired) electrons. The Morgan fingerprint density at radius 1 is 1.32 bits per heavy atom. The first-order valence-corrected chi connectivity index (χ1v) is 8.97. The lowest BCUT2D eigenvalue weighted by molar-refractivity contribution is 0.508. The molecule has 1 fully saturated rings. The number of nitrogens with one attached hydrogen (secondary N) is 1. The lowest BCUT2D eigenvalue weighted by Gasteiger charge is -2.19. The summed E-state index contributed by atoms with van der Waals surface area (Å²) in [5.41, 5.74) is 8.57. The summed E-state index contributed by atoms with van der Waals surface area (Å²) in [6.45, 7) is 4.37. The topological polar surface area (TPSA) is 67.1 Å². The number of anilines is 2. The molecular weight excluding hydrogens is 294 g/mol. The third-order valence-corrected chi connectivity index (χ3v) is 6.30. The number of hydrogen-bond acceptors (Lipinski definition) is 6. The smallest absolute Gasteiger partial charge is 0.222 e. The van der Waals surface area contributed by atoms with Crippen molar-refractivity contribution in [1.82, 2.24) is 15.3 Å². The van der Waals surface area contributed by atoms with E-state index in [1.165, 1.54) is 28.0 Å². The van der Waals surface area contributed by atoms with Crippen molar-refractivity contribution in [2.24, 2.45) is 5.92 Å². The summed E-state index contributed by atoms with van der Waals surface area (Å²) in [6.07, 6.45) is 4.74. The van der Waals surface area contributed by atoms with Gasteiger partial charge >= 0.3 is 0 Å². The molecule has 2 atom stereocenters. The molecular formula is C16H23N5S. The van der Waals surface area contributed by atoms with E-state index in [0.717, 1.165) is 43.2 Å². The number of nitrogen functional groups attached to an aromatic ring is 1. The van der Waals surface area contributed by atoms with Gasteiger partial charge in [0.25, 0.3) is 0 Å². The zero-order valence-electron chi connectivity index (χ0n) is 13.2. The highest BCUT2D eigenvalue weighted by Gasteiger charge is 2.28. The van der Waals surface area contributed by atoms with E-state index in [0.29, 0.717) is 12.0 Å². The summed E-state index contributed by atoms with van der Waals surface area (Å²) in [4.78, 5) is 13.0. The van der Waals surface area contributed by atoms with E-state index in [4.69, 9.17) is 5.73 Å². The third kappa shape index (κ3) is 2.25. The molecule has 5 nitrogen and oxygen atoms in total. The van der Waals surface area contributed by atoms with Crippen LogP contribution >= 0.6 is 11.3 Å². The molecule has 0 bridgehead atoms. The lowest BCUT2D eigenvalue weighted by atomic mass is 9.89. The number of nitrogens with two attached hydrogens (primary N) is 1. The molecule has 1 aliphatic heterocycles. The van der Waals surface area contributed by atoms with Gasteiger partial charge in [-0.3, -0.25) is 0 Å². The molecule has 0 spiro atoms. The maximum atomic E-state index is 6.03. The normalized spacial score (nSPS) is 24.9. The molecule has 3 heterocycles. The van der Waals surface area contributed by atoms with Gasteiger partial charge in [-0.15, -0.1) is 11.3 Å². The Labute approximate surface area is 134 Å². The van der Waals surface area contributed by atoms with Gasteiger partial charge in [0.2, 0.25) is 5.95 Å². The minimum absolute atomic E-state index is 0.411. The molecule has 0 aromatic carbocycles. The molecule has 2 aromatic heterocycles. The van der Waals surface area contributed by atoms with Gasteiger partial charge in [0, 0.05) is 24.0 Å². The number of nitrogens with zero attached hydrogens (tertiary/aromatic N) is 3. The monoisotopic (exact) mass is 317 g/mol. The first-order valence-electron chi connectivity index (χ1n) is 8.15. The Bertz CT molecular complexity index is 710. The Kier molecular flexibility index (Phi) is 3.46. The maximum Gasteiger partial charge on any atom is 0.222 e. The summed E-state index contributed by atoms with van der Waals surface area (Å²) in [7, 11) is 2.03. The zero-order valence-corrected chi connectivity index (χ0v) is 14.0. The average Bonchev–Trinajstić information content (AvgIpc) is 3.11. The number of fused-ring (bicyclic) bond motifs is 3. The van der Waals surface area contributed by atoms with Crippen molar-refractivity contribution in [2.45, 2.75) is 38.6 Å². The molecule has 118 valence electrons. The maximum absolute atomic E-state index is 6.03. The number of thiophene rings is 1. The van der Waals surface area contributed by atoms with Gasteiger partial charge in [-0.1, -0.05) is 6.92 Å². The molecule has 0 amide bonds. The second kappa shape index (κ2) is 5.35. The Morgan fingerprint density at radius 2 is 2.18 bits per heavy atom. The number of aromatic nitrogens is 2. The molecule has 1 unspecified atom stereocenters. The van der Waals surface area contributed by atoms with E-state index in [9.17, 15) is 0 Å². The summed E-state index contributed by atoms with van der Waals surface area (Å²) >= 11 is 1.89. The molecule has 6 heteroatoms. The van der Waals surface area contributed by atoms with Crippen LogP contribution in [-0.4, -0.2) is 36.1 Å². The standard InChI is InChI=1S/C16H23N5S/c1-9-3-4-12-11(7-9)13-14(22-12)15(20-16(17)19-13)21-6-5-10(8-21)18-2/h9-10,18H,3-8H2,1-2H3,(H2,17,19,20)/t9?,10-/m1/s1. The predicted octanol–water partition coefficient (Wildman–Crippen LogP) is 2.20. The van der Waals surface area contributed by atoms with Gasteiger partial charge in [-0.05, 0) is 44.2 Å². The fourth-order valence-electron chi connectivity index (χ4n) is 3.71. The second-order valence-corrected chi connectivity index (χ2v) is 7.76. The summed E-state index contributed by atoms with van der Waals surface area (Å²) in [5, 5.41) is 3.37. The highest BCUT2D eigenvalue weighted by molar-refractivity contribution is 7.19. The van der Waals surface area contributed by atoms with Crippen LogP contribution in [0.15, 0.2) is 0 Å². The molecule has 1 saturated heterocycles. The van der Waals surface area contributed by atoms with E-state index in [2.05, 4.69) is 27.1 Å². The fraction of sp³-hybridized carbons (Fsp3) is 0.625. The predicted molar refractivity (Wildman–Crippen MR) is 92.7 cm³/mol. The first-order chi connectivity index (χ1) is 10.7. The molecule has 3 N–H and O–H groups in total. The lowest BCUT2D eigenvalue weighted by Crippen LogP contribution is -2.30. The van der Waals surface area contributed by atoms with Gasteiger partial charge in [-0.25, -0.2) is 4.98 Å². The highest BCUT2D eigenvalue weighted by Crippen LogP contribution is 2.41. The van der Waals surface area contributed by atoms with Crippen LogP contribution in [0.25, 0.3) is 10.2 Å². The minimum Gasteiger partial charge on any atom is -0.368 e. The summed E-state index contributed by atoms with van der Waals surface area (Å²) in [5.74, 6) is 2.20. The van der Waals surface area contributed by atoms with E-state index in [1.807, 2.05) is 18.4 Å². The van der Waals surface area contributed by atoms with E-state index < -0.39 is 0 Å². The minimum atomic E-state index is 0.411. The Balaban J connectivity index is 1.82.